The van der Waals surface area contributed by atoms with Gasteiger partial charge in [0.25, 0.3) is 0 Å². The Kier molecular flexibility index (Phi) is 4.17. The van der Waals surface area contributed by atoms with Gasteiger partial charge in [-0.25, -0.2) is 13.2 Å². The molecule has 2 aromatic rings. The van der Waals surface area contributed by atoms with Gasteiger partial charge in [0.15, 0.2) is 0 Å². The summed E-state index contributed by atoms with van der Waals surface area (Å²) in [6.07, 6.45) is 0. The zero-order valence-corrected chi connectivity index (χ0v) is 11.0. The van der Waals surface area contributed by atoms with Crippen LogP contribution in [0, 0.1) is 17.5 Å². The third kappa shape index (κ3) is 3.11. The molecule has 0 aromatic heterocycles. The minimum atomic E-state index is -0.719. The summed E-state index contributed by atoms with van der Waals surface area (Å²) >= 11 is 0.908. The topological polar surface area (TPSA) is 26.0 Å². The molecule has 0 heterocycles. The van der Waals surface area contributed by atoms with Crippen LogP contribution in [0.2, 0.25) is 0 Å². The van der Waals surface area contributed by atoms with Crippen LogP contribution >= 0.6 is 11.8 Å². The molecular formula is C14H12F3NS. The van der Waals surface area contributed by atoms with Crippen molar-refractivity contribution < 1.29 is 13.2 Å². The van der Waals surface area contributed by atoms with E-state index in [4.69, 9.17) is 5.73 Å². The SMILES string of the molecule is CC(N)c1cccc(F)c1Sc1ccc(F)cc1F. The number of nitrogens with two attached hydrogens (primary N) is 1. The fourth-order valence-electron chi connectivity index (χ4n) is 1.66. The molecule has 0 aliphatic rings. The van der Waals surface area contributed by atoms with E-state index in [1.807, 2.05) is 0 Å². The second-order valence-electron chi connectivity index (χ2n) is 4.12. The van der Waals surface area contributed by atoms with Crippen molar-refractivity contribution in [1.82, 2.24) is 0 Å². The summed E-state index contributed by atoms with van der Waals surface area (Å²) in [4.78, 5) is 0.427. The Morgan fingerprint density at radius 2 is 1.79 bits per heavy atom. The molecule has 2 aromatic carbocycles. The number of hydrogen-bond donors (Lipinski definition) is 1. The summed E-state index contributed by atoms with van der Waals surface area (Å²) in [6, 6.07) is 7.35. The molecule has 2 rings (SSSR count). The van der Waals surface area contributed by atoms with Gasteiger partial charge in [0, 0.05) is 17.0 Å². The van der Waals surface area contributed by atoms with Gasteiger partial charge in [-0.05, 0) is 30.7 Å². The van der Waals surface area contributed by atoms with E-state index < -0.39 is 17.5 Å². The normalized spacial score (nSPS) is 12.5. The van der Waals surface area contributed by atoms with Gasteiger partial charge in [0.05, 0.1) is 4.90 Å². The Hall–Kier alpha value is -1.46. The van der Waals surface area contributed by atoms with Crippen molar-refractivity contribution in [1.29, 1.82) is 0 Å². The molecule has 0 saturated carbocycles. The van der Waals surface area contributed by atoms with Crippen LogP contribution in [-0.4, -0.2) is 0 Å². The zero-order valence-electron chi connectivity index (χ0n) is 10.2. The fourth-order valence-corrected chi connectivity index (χ4v) is 2.71. The molecule has 1 unspecified atom stereocenters. The van der Waals surface area contributed by atoms with Crippen LogP contribution in [0.25, 0.3) is 0 Å². The molecule has 100 valence electrons. The number of hydrogen-bond acceptors (Lipinski definition) is 2. The van der Waals surface area contributed by atoms with E-state index in [0.717, 1.165) is 23.9 Å². The minimum Gasteiger partial charge on any atom is -0.324 e. The monoisotopic (exact) mass is 283 g/mol. The van der Waals surface area contributed by atoms with E-state index >= 15 is 0 Å². The van der Waals surface area contributed by atoms with Gasteiger partial charge < -0.3 is 5.73 Å². The lowest BCUT2D eigenvalue weighted by Gasteiger charge is -2.13. The average molecular weight is 283 g/mol. The second kappa shape index (κ2) is 5.67. The standard InChI is InChI=1S/C14H12F3NS/c1-8(18)10-3-2-4-11(16)14(10)19-13-6-5-9(15)7-12(13)17/h2-8H,18H2,1H3. The molecule has 0 radical (unpaired) electrons. The van der Waals surface area contributed by atoms with Crippen LogP contribution in [-0.2, 0) is 0 Å². The zero-order chi connectivity index (χ0) is 14.0. The van der Waals surface area contributed by atoms with Gasteiger partial charge >= 0.3 is 0 Å². The minimum absolute atomic E-state index is 0.161. The average Bonchev–Trinajstić information content (AvgIpc) is 2.34. The smallest absolute Gasteiger partial charge is 0.140 e. The first-order valence-electron chi connectivity index (χ1n) is 5.66. The molecule has 1 nitrogen and oxygen atoms in total. The van der Waals surface area contributed by atoms with Crippen LogP contribution in [0.4, 0.5) is 13.2 Å². The number of halogens is 3. The van der Waals surface area contributed by atoms with Crippen molar-refractivity contribution in [3.05, 3.63) is 59.4 Å². The van der Waals surface area contributed by atoms with Gasteiger partial charge in [0.1, 0.15) is 17.5 Å². The highest BCUT2D eigenvalue weighted by Gasteiger charge is 2.15. The summed E-state index contributed by atoms with van der Waals surface area (Å²) < 4.78 is 40.3. The lowest BCUT2D eigenvalue weighted by molar-refractivity contribution is 0.564. The largest absolute Gasteiger partial charge is 0.324 e. The molecule has 0 aliphatic heterocycles. The van der Waals surface area contributed by atoms with Gasteiger partial charge in [0.2, 0.25) is 0 Å². The van der Waals surface area contributed by atoms with Crippen LogP contribution in [0.5, 0.6) is 0 Å². The van der Waals surface area contributed by atoms with E-state index in [1.54, 1.807) is 19.1 Å². The molecule has 5 heteroatoms. The highest BCUT2D eigenvalue weighted by atomic mass is 32.2. The maximum Gasteiger partial charge on any atom is 0.140 e. The number of rotatable bonds is 3. The summed E-state index contributed by atoms with van der Waals surface area (Å²) in [5, 5.41) is 0. The third-order valence-electron chi connectivity index (χ3n) is 2.59. The molecular weight excluding hydrogens is 271 g/mol. The van der Waals surface area contributed by atoms with Crippen LogP contribution in [0.15, 0.2) is 46.2 Å². The third-order valence-corrected chi connectivity index (χ3v) is 3.78. The van der Waals surface area contributed by atoms with E-state index in [2.05, 4.69) is 0 Å². The summed E-state index contributed by atoms with van der Waals surface area (Å²) in [7, 11) is 0. The quantitative estimate of drug-likeness (QED) is 0.910. The first-order valence-corrected chi connectivity index (χ1v) is 6.47. The van der Waals surface area contributed by atoms with E-state index in [-0.39, 0.29) is 15.8 Å². The van der Waals surface area contributed by atoms with Gasteiger partial charge in [-0.2, -0.15) is 0 Å². The van der Waals surface area contributed by atoms with Gasteiger partial charge in [-0.15, -0.1) is 0 Å². The summed E-state index contributed by atoms with van der Waals surface area (Å²) in [5.41, 5.74) is 6.36. The van der Waals surface area contributed by atoms with Crippen LogP contribution < -0.4 is 5.73 Å². The van der Waals surface area contributed by atoms with Crippen molar-refractivity contribution >= 4 is 11.8 Å². The van der Waals surface area contributed by atoms with Crippen molar-refractivity contribution in [2.45, 2.75) is 22.8 Å². The molecule has 2 N–H and O–H groups in total. The van der Waals surface area contributed by atoms with E-state index in [1.165, 1.54) is 12.1 Å². The van der Waals surface area contributed by atoms with Crippen molar-refractivity contribution in [2.24, 2.45) is 5.73 Å². The molecule has 19 heavy (non-hydrogen) atoms. The molecule has 0 fully saturated rings. The Morgan fingerprint density at radius 1 is 1.05 bits per heavy atom. The maximum absolute atomic E-state index is 13.8. The van der Waals surface area contributed by atoms with Crippen molar-refractivity contribution in [3.8, 4) is 0 Å². The molecule has 0 saturated heterocycles. The molecule has 1 atom stereocenters. The fraction of sp³-hybridized carbons (Fsp3) is 0.143. The molecule has 0 bridgehead atoms. The van der Waals surface area contributed by atoms with E-state index in [0.29, 0.717) is 5.56 Å². The lowest BCUT2D eigenvalue weighted by atomic mass is 10.1. The lowest BCUT2D eigenvalue weighted by Crippen LogP contribution is -2.07. The van der Waals surface area contributed by atoms with Crippen LogP contribution in [0.1, 0.15) is 18.5 Å². The van der Waals surface area contributed by atoms with Crippen LogP contribution in [0.3, 0.4) is 0 Å². The second-order valence-corrected chi connectivity index (χ2v) is 5.18. The van der Waals surface area contributed by atoms with Crippen molar-refractivity contribution in [3.63, 3.8) is 0 Å². The Bertz CT molecular complexity index is 599. The number of benzene rings is 2. The predicted molar refractivity (Wildman–Crippen MR) is 69.5 cm³/mol. The van der Waals surface area contributed by atoms with Gasteiger partial charge in [-0.3, -0.25) is 0 Å². The predicted octanol–water partition coefficient (Wildman–Crippen LogP) is 4.27. The molecule has 0 amide bonds. The summed E-state index contributed by atoms with van der Waals surface area (Å²) in [5.74, 6) is -1.85. The highest BCUT2D eigenvalue weighted by molar-refractivity contribution is 7.99. The van der Waals surface area contributed by atoms with E-state index in [9.17, 15) is 13.2 Å². The molecule has 0 spiro atoms. The molecule has 0 aliphatic carbocycles. The Balaban J connectivity index is 2.43. The Morgan fingerprint density at radius 3 is 2.42 bits per heavy atom. The summed E-state index contributed by atoms with van der Waals surface area (Å²) in [6.45, 7) is 1.72. The first-order chi connectivity index (χ1) is 8.99. The maximum atomic E-state index is 13.8. The highest BCUT2D eigenvalue weighted by Crippen LogP contribution is 2.36. The van der Waals surface area contributed by atoms with Gasteiger partial charge in [-0.1, -0.05) is 23.9 Å². The van der Waals surface area contributed by atoms with Crippen molar-refractivity contribution in [2.75, 3.05) is 0 Å². The first kappa shape index (κ1) is 14.0. The Labute approximate surface area is 113 Å².